The molecule has 0 fully saturated rings. The average Bonchev–Trinajstić information content (AvgIpc) is 3.04. The smallest absolute Gasteiger partial charge is 0.153 e. The Hall–Kier alpha value is -3.17. The molecule has 144 valence electrons. The third-order valence-corrected chi connectivity index (χ3v) is 4.29. The summed E-state index contributed by atoms with van der Waals surface area (Å²) in [5, 5.41) is 16.5. The topological polar surface area (TPSA) is 75.8 Å². The maximum Gasteiger partial charge on any atom is 0.153 e. The predicted octanol–water partition coefficient (Wildman–Crippen LogP) is 3.86. The molecule has 0 bridgehead atoms. The molecule has 1 aromatic carbocycles. The molecule has 0 radical (unpaired) electrons. The number of aromatic nitrogens is 3. The standard InChI is InChI=1S/C22H25N5O/c1-17-12-18(2)27(26-17)22-9-8-20(16-25-22)15-24-14-19-6-5-7-21(13-19)28-11-4-3-10-23/h5-9,12-13,16,24H,3-4,11,14-15H2,1-2H3. The number of benzene rings is 1. The van der Waals surface area contributed by atoms with E-state index < -0.39 is 0 Å². The molecule has 2 aromatic heterocycles. The fourth-order valence-electron chi connectivity index (χ4n) is 2.95. The number of hydrogen-bond acceptors (Lipinski definition) is 5. The highest BCUT2D eigenvalue weighted by Crippen LogP contribution is 2.14. The van der Waals surface area contributed by atoms with Crippen LogP contribution in [0.3, 0.4) is 0 Å². The first-order chi connectivity index (χ1) is 13.7. The molecule has 1 N–H and O–H groups in total. The summed E-state index contributed by atoms with van der Waals surface area (Å²) in [5.74, 6) is 1.67. The Morgan fingerprint density at radius 1 is 1.11 bits per heavy atom. The third-order valence-electron chi connectivity index (χ3n) is 4.29. The molecular formula is C22H25N5O. The molecule has 28 heavy (non-hydrogen) atoms. The number of unbranched alkanes of at least 4 members (excludes halogenated alkanes) is 1. The second-order valence-corrected chi connectivity index (χ2v) is 6.72. The van der Waals surface area contributed by atoms with E-state index in [2.05, 4.69) is 33.6 Å². The lowest BCUT2D eigenvalue weighted by Gasteiger charge is -2.09. The van der Waals surface area contributed by atoms with Crippen LogP contribution in [0.5, 0.6) is 5.75 Å². The lowest BCUT2D eigenvalue weighted by Crippen LogP contribution is -2.13. The zero-order chi connectivity index (χ0) is 19.8. The first-order valence-electron chi connectivity index (χ1n) is 9.43. The number of rotatable bonds is 9. The van der Waals surface area contributed by atoms with Crippen molar-refractivity contribution < 1.29 is 4.74 Å². The summed E-state index contributed by atoms with van der Waals surface area (Å²) in [4.78, 5) is 4.53. The van der Waals surface area contributed by atoms with Crippen molar-refractivity contribution in [3.8, 4) is 17.6 Å². The van der Waals surface area contributed by atoms with E-state index in [0.29, 0.717) is 13.0 Å². The molecule has 0 amide bonds. The summed E-state index contributed by atoms with van der Waals surface area (Å²) in [5.41, 5.74) is 4.34. The zero-order valence-electron chi connectivity index (χ0n) is 16.4. The van der Waals surface area contributed by atoms with Gasteiger partial charge in [-0.3, -0.25) is 0 Å². The minimum atomic E-state index is 0.521. The number of aryl methyl sites for hydroxylation is 2. The number of nitrogens with one attached hydrogen (secondary N) is 1. The van der Waals surface area contributed by atoms with E-state index in [-0.39, 0.29) is 0 Å². The highest BCUT2D eigenvalue weighted by Gasteiger charge is 2.05. The Bertz CT molecular complexity index is 940. The minimum Gasteiger partial charge on any atom is -0.494 e. The summed E-state index contributed by atoms with van der Waals surface area (Å²) < 4.78 is 7.54. The van der Waals surface area contributed by atoms with E-state index in [4.69, 9.17) is 10.00 Å². The van der Waals surface area contributed by atoms with Gasteiger partial charge in [0.25, 0.3) is 0 Å². The summed E-state index contributed by atoms with van der Waals surface area (Å²) in [7, 11) is 0. The number of ether oxygens (including phenoxy) is 1. The number of hydrogen-bond donors (Lipinski definition) is 1. The molecule has 0 aliphatic heterocycles. The maximum atomic E-state index is 8.56. The predicted molar refractivity (Wildman–Crippen MR) is 108 cm³/mol. The molecule has 2 heterocycles. The van der Waals surface area contributed by atoms with Gasteiger partial charge in [-0.1, -0.05) is 18.2 Å². The minimum absolute atomic E-state index is 0.521. The van der Waals surface area contributed by atoms with Crippen LogP contribution in [-0.4, -0.2) is 21.4 Å². The molecular weight excluding hydrogens is 350 g/mol. The largest absolute Gasteiger partial charge is 0.494 e. The maximum absolute atomic E-state index is 8.56. The molecule has 0 aliphatic rings. The van der Waals surface area contributed by atoms with Crippen molar-refractivity contribution >= 4 is 0 Å². The van der Waals surface area contributed by atoms with Crippen LogP contribution in [-0.2, 0) is 13.1 Å². The molecule has 0 spiro atoms. The van der Waals surface area contributed by atoms with Crippen molar-refractivity contribution in [2.45, 2.75) is 39.8 Å². The van der Waals surface area contributed by atoms with Crippen LogP contribution < -0.4 is 10.1 Å². The van der Waals surface area contributed by atoms with Gasteiger partial charge in [-0.15, -0.1) is 0 Å². The van der Waals surface area contributed by atoms with E-state index in [1.807, 2.05) is 55.1 Å². The first kappa shape index (κ1) is 19.6. The molecule has 0 atom stereocenters. The van der Waals surface area contributed by atoms with Crippen molar-refractivity contribution in [3.05, 3.63) is 71.2 Å². The lowest BCUT2D eigenvalue weighted by atomic mass is 10.2. The number of nitrogens with zero attached hydrogens (tertiary/aromatic N) is 4. The molecule has 0 saturated heterocycles. The van der Waals surface area contributed by atoms with E-state index in [1.165, 1.54) is 0 Å². The SMILES string of the molecule is Cc1cc(C)n(-c2ccc(CNCc3cccc(OCCCC#N)c3)cn2)n1. The van der Waals surface area contributed by atoms with Gasteiger partial charge in [0.2, 0.25) is 0 Å². The van der Waals surface area contributed by atoms with Crippen molar-refractivity contribution in [2.24, 2.45) is 0 Å². The van der Waals surface area contributed by atoms with Crippen LogP contribution in [0.4, 0.5) is 0 Å². The molecule has 6 heteroatoms. The zero-order valence-corrected chi connectivity index (χ0v) is 16.4. The lowest BCUT2D eigenvalue weighted by molar-refractivity contribution is 0.312. The monoisotopic (exact) mass is 375 g/mol. The van der Waals surface area contributed by atoms with E-state index in [1.54, 1.807) is 0 Å². The average molecular weight is 375 g/mol. The molecule has 6 nitrogen and oxygen atoms in total. The Morgan fingerprint density at radius 3 is 2.68 bits per heavy atom. The van der Waals surface area contributed by atoms with Gasteiger partial charge in [0.15, 0.2) is 5.82 Å². The molecule has 0 aliphatic carbocycles. The second-order valence-electron chi connectivity index (χ2n) is 6.72. The Labute approximate surface area is 165 Å². The summed E-state index contributed by atoms with van der Waals surface area (Å²) in [6.45, 7) is 6.05. The van der Waals surface area contributed by atoms with E-state index in [9.17, 15) is 0 Å². The van der Waals surface area contributed by atoms with Crippen molar-refractivity contribution in [2.75, 3.05) is 6.61 Å². The Balaban J connectivity index is 1.50. The summed E-state index contributed by atoms with van der Waals surface area (Å²) in [6.07, 6.45) is 3.15. The highest BCUT2D eigenvalue weighted by atomic mass is 16.5. The van der Waals surface area contributed by atoms with Crippen LogP contribution in [0.15, 0.2) is 48.7 Å². The van der Waals surface area contributed by atoms with E-state index in [0.717, 1.165) is 53.6 Å². The van der Waals surface area contributed by atoms with E-state index >= 15 is 0 Å². The third kappa shape index (κ3) is 5.41. The van der Waals surface area contributed by atoms with Crippen molar-refractivity contribution in [1.82, 2.24) is 20.1 Å². The summed E-state index contributed by atoms with van der Waals surface area (Å²) >= 11 is 0. The van der Waals surface area contributed by atoms with Gasteiger partial charge in [-0.2, -0.15) is 10.4 Å². The van der Waals surface area contributed by atoms with Crippen molar-refractivity contribution in [3.63, 3.8) is 0 Å². The fraction of sp³-hybridized carbons (Fsp3) is 0.318. The highest BCUT2D eigenvalue weighted by molar-refractivity contribution is 5.29. The van der Waals surface area contributed by atoms with Crippen LogP contribution in [0.25, 0.3) is 5.82 Å². The van der Waals surface area contributed by atoms with Gasteiger partial charge >= 0.3 is 0 Å². The van der Waals surface area contributed by atoms with Crippen LogP contribution >= 0.6 is 0 Å². The number of nitriles is 1. The van der Waals surface area contributed by atoms with Crippen LogP contribution in [0.2, 0.25) is 0 Å². The molecule has 3 rings (SSSR count). The summed E-state index contributed by atoms with van der Waals surface area (Å²) in [6, 6.07) is 16.3. The van der Waals surface area contributed by atoms with Gasteiger partial charge in [-0.05, 0) is 55.7 Å². The van der Waals surface area contributed by atoms with Crippen LogP contribution in [0, 0.1) is 25.2 Å². The molecule has 0 saturated carbocycles. The molecule has 0 unspecified atom stereocenters. The van der Waals surface area contributed by atoms with Gasteiger partial charge in [-0.25, -0.2) is 9.67 Å². The Morgan fingerprint density at radius 2 is 1.96 bits per heavy atom. The first-order valence-corrected chi connectivity index (χ1v) is 9.43. The normalized spacial score (nSPS) is 10.6. The van der Waals surface area contributed by atoms with Gasteiger partial charge < -0.3 is 10.1 Å². The fourth-order valence-corrected chi connectivity index (χ4v) is 2.95. The van der Waals surface area contributed by atoms with Crippen molar-refractivity contribution in [1.29, 1.82) is 5.26 Å². The van der Waals surface area contributed by atoms with Gasteiger partial charge in [0, 0.05) is 31.4 Å². The van der Waals surface area contributed by atoms with Crippen LogP contribution in [0.1, 0.15) is 35.4 Å². The number of pyridine rings is 1. The Kier molecular flexibility index (Phi) is 6.77. The molecule has 3 aromatic rings. The van der Waals surface area contributed by atoms with Gasteiger partial charge in [0.05, 0.1) is 18.4 Å². The van der Waals surface area contributed by atoms with Gasteiger partial charge in [0.1, 0.15) is 5.75 Å². The quantitative estimate of drug-likeness (QED) is 0.575. The second kappa shape index (κ2) is 9.67.